The summed E-state index contributed by atoms with van der Waals surface area (Å²) in [4.78, 5) is 16.7. The van der Waals surface area contributed by atoms with Gasteiger partial charge in [0, 0.05) is 31.0 Å². The molecule has 5 nitrogen and oxygen atoms in total. The van der Waals surface area contributed by atoms with Gasteiger partial charge in [-0.2, -0.15) is 0 Å². The summed E-state index contributed by atoms with van der Waals surface area (Å²) in [6, 6.07) is 4.67. The molecule has 2 aliphatic rings. The minimum Gasteiger partial charge on any atom is -0.349 e. The van der Waals surface area contributed by atoms with E-state index >= 15 is 0 Å². The van der Waals surface area contributed by atoms with E-state index in [2.05, 4.69) is 15.6 Å². The summed E-state index contributed by atoms with van der Waals surface area (Å²) < 4.78 is 1.91. The monoisotopic (exact) mass is 270 g/mol. The van der Waals surface area contributed by atoms with E-state index in [0.717, 1.165) is 24.3 Å². The lowest BCUT2D eigenvalue weighted by atomic mass is 10.0. The molecule has 5 heteroatoms. The molecule has 0 radical (unpaired) electrons. The van der Waals surface area contributed by atoms with E-state index in [1.165, 1.54) is 6.42 Å². The molecule has 104 valence electrons. The number of pyridine rings is 1. The minimum absolute atomic E-state index is 0.0239. The molecule has 0 aromatic carbocycles. The molecule has 2 aromatic heterocycles. The molecular weight excluding hydrogens is 252 g/mol. The summed E-state index contributed by atoms with van der Waals surface area (Å²) in [5, 5.41) is 6.65. The molecule has 3 heterocycles. The van der Waals surface area contributed by atoms with E-state index in [-0.39, 0.29) is 5.91 Å². The predicted octanol–water partition coefficient (Wildman–Crippen LogP) is 1.12. The average molecular weight is 270 g/mol. The number of aryl methyl sites for hydroxylation is 1. The quantitative estimate of drug-likeness (QED) is 0.860. The second-order valence-corrected chi connectivity index (χ2v) is 5.98. The number of hydrogen-bond acceptors (Lipinski definition) is 3. The van der Waals surface area contributed by atoms with Crippen molar-refractivity contribution in [3.63, 3.8) is 0 Å². The lowest BCUT2D eigenvalue weighted by Gasteiger charge is -2.23. The van der Waals surface area contributed by atoms with Gasteiger partial charge < -0.3 is 15.0 Å². The van der Waals surface area contributed by atoms with Gasteiger partial charge in [-0.25, -0.2) is 4.98 Å². The van der Waals surface area contributed by atoms with Crippen LogP contribution in [0.3, 0.4) is 0 Å². The highest BCUT2D eigenvalue weighted by atomic mass is 16.1. The zero-order valence-electron chi connectivity index (χ0n) is 11.5. The summed E-state index contributed by atoms with van der Waals surface area (Å²) in [6.45, 7) is 2.99. The fraction of sp³-hybridized carbons (Fsp3) is 0.467. The molecule has 2 fully saturated rings. The van der Waals surface area contributed by atoms with Crippen molar-refractivity contribution in [2.45, 2.75) is 31.8 Å². The van der Waals surface area contributed by atoms with Crippen molar-refractivity contribution in [1.82, 2.24) is 20.0 Å². The molecule has 1 aliphatic carbocycles. The van der Waals surface area contributed by atoms with E-state index < -0.39 is 0 Å². The number of piperidine rings is 1. The molecule has 1 saturated carbocycles. The Morgan fingerprint density at radius 2 is 2.30 bits per heavy atom. The van der Waals surface area contributed by atoms with Crippen molar-refractivity contribution in [1.29, 1.82) is 0 Å². The van der Waals surface area contributed by atoms with Crippen molar-refractivity contribution in [2.75, 3.05) is 6.54 Å². The van der Waals surface area contributed by atoms with Gasteiger partial charge in [0.2, 0.25) is 0 Å². The fourth-order valence-electron chi connectivity index (χ4n) is 3.52. The Kier molecular flexibility index (Phi) is 2.57. The predicted molar refractivity (Wildman–Crippen MR) is 75.7 cm³/mol. The first-order chi connectivity index (χ1) is 9.69. The van der Waals surface area contributed by atoms with E-state index in [1.54, 1.807) is 0 Å². The van der Waals surface area contributed by atoms with Gasteiger partial charge in [-0.3, -0.25) is 4.79 Å². The van der Waals surface area contributed by atoms with Gasteiger partial charge in [-0.1, -0.05) is 0 Å². The number of imidazole rings is 1. The van der Waals surface area contributed by atoms with Gasteiger partial charge in [0.15, 0.2) is 0 Å². The highest BCUT2D eigenvalue weighted by molar-refractivity contribution is 5.94. The smallest absolute Gasteiger partial charge is 0.253 e. The third-order valence-corrected chi connectivity index (χ3v) is 4.51. The molecule has 2 bridgehead atoms. The maximum Gasteiger partial charge on any atom is 0.253 e. The van der Waals surface area contributed by atoms with Gasteiger partial charge in [0.05, 0.1) is 11.3 Å². The van der Waals surface area contributed by atoms with Crippen molar-refractivity contribution < 1.29 is 4.79 Å². The molecule has 1 amide bonds. The van der Waals surface area contributed by atoms with Crippen LogP contribution < -0.4 is 10.6 Å². The number of hydrogen-bond donors (Lipinski definition) is 2. The van der Waals surface area contributed by atoms with Crippen LogP contribution >= 0.6 is 0 Å². The number of nitrogens with zero attached hydrogens (tertiary/aromatic N) is 2. The van der Waals surface area contributed by atoms with Gasteiger partial charge in [-0.15, -0.1) is 0 Å². The SMILES string of the molecule is Cc1cn2cc(C(=O)NC3CC4CC3CN4)ccc2n1. The molecule has 2 N–H and O–H groups in total. The molecule has 20 heavy (non-hydrogen) atoms. The number of amides is 1. The first-order valence-corrected chi connectivity index (χ1v) is 7.18. The molecule has 1 aliphatic heterocycles. The van der Waals surface area contributed by atoms with Crippen LogP contribution in [0, 0.1) is 12.8 Å². The number of carbonyl (C=O) groups is 1. The summed E-state index contributed by atoms with van der Waals surface area (Å²) in [5.74, 6) is 0.624. The number of rotatable bonds is 2. The van der Waals surface area contributed by atoms with Crippen molar-refractivity contribution in [2.24, 2.45) is 5.92 Å². The molecule has 3 unspecified atom stereocenters. The van der Waals surface area contributed by atoms with Crippen LogP contribution in [0.1, 0.15) is 28.9 Å². The topological polar surface area (TPSA) is 58.4 Å². The number of aromatic nitrogens is 2. The third kappa shape index (κ3) is 1.89. The standard InChI is InChI=1S/C15H18N4O/c1-9-7-19-8-10(2-3-14(19)17-9)15(20)18-13-5-12-4-11(13)6-16-12/h2-3,7-8,11-13,16H,4-6H2,1H3,(H,18,20). The Balaban J connectivity index is 1.54. The van der Waals surface area contributed by atoms with Gasteiger partial charge in [0.1, 0.15) is 5.65 Å². The van der Waals surface area contributed by atoms with Crippen LogP contribution in [0.15, 0.2) is 24.5 Å². The molecule has 3 atom stereocenters. The van der Waals surface area contributed by atoms with Crippen LogP contribution in [0.5, 0.6) is 0 Å². The second-order valence-electron chi connectivity index (χ2n) is 5.98. The molecule has 1 saturated heterocycles. The van der Waals surface area contributed by atoms with E-state index in [4.69, 9.17) is 0 Å². The number of nitrogens with one attached hydrogen (secondary N) is 2. The van der Waals surface area contributed by atoms with E-state index in [0.29, 0.717) is 23.6 Å². The Bertz CT molecular complexity index is 678. The maximum atomic E-state index is 12.4. The van der Waals surface area contributed by atoms with Crippen LogP contribution in [0.2, 0.25) is 0 Å². The second kappa shape index (κ2) is 4.31. The van der Waals surface area contributed by atoms with E-state index in [9.17, 15) is 4.79 Å². The van der Waals surface area contributed by atoms with Crippen molar-refractivity contribution in [3.05, 3.63) is 35.8 Å². The highest BCUT2D eigenvalue weighted by Crippen LogP contribution is 2.31. The molecule has 2 aromatic rings. The summed E-state index contributed by atoms with van der Waals surface area (Å²) in [5.41, 5.74) is 2.54. The molecular formula is C15H18N4O. The van der Waals surface area contributed by atoms with Crippen LogP contribution in [0.4, 0.5) is 0 Å². The maximum absolute atomic E-state index is 12.4. The lowest BCUT2D eigenvalue weighted by Crippen LogP contribution is -2.44. The number of fused-ring (bicyclic) bond motifs is 3. The Hall–Kier alpha value is -1.88. The molecule has 0 spiro atoms. The third-order valence-electron chi connectivity index (χ3n) is 4.51. The van der Waals surface area contributed by atoms with Crippen molar-refractivity contribution >= 4 is 11.6 Å². The largest absolute Gasteiger partial charge is 0.349 e. The summed E-state index contributed by atoms with van der Waals surface area (Å²) >= 11 is 0. The fourth-order valence-corrected chi connectivity index (χ4v) is 3.52. The molecule has 4 rings (SSSR count). The zero-order valence-corrected chi connectivity index (χ0v) is 11.5. The zero-order chi connectivity index (χ0) is 13.7. The van der Waals surface area contributed by atoms with Crippen LogP contribution in [-0.4, -0.2) is 33.9 Å². The van der Waals surface area contributed by atoms with Crippen LogP contribution in [0.25, 0.3) is 5.65 Å². The Morgan fingerprint density at radius 1 is 1.40 bits per heavy atom. The Morgan fingerprint density at radius 3 is 3.05 bits per heavy atom. The lowest BCUT2D eigenvalue weighted by molar-refractivity contribution is 0.0924. The van der Waals surface area contributed by atoms with Crippen LogP contribution in [-0.2, 0) is 0 Å². The van der Waals surface area contributed by atoms with Gasteiger partial charge in [-0.05, 0) is 37.8 Å². The normalized spacial score (nSPS) is 28.1. The first kappa shape index (κ1) is 11.9. The minimum atomic E-state index is 0.0239. The van der Waals surface area contributed by atoms with Crippen molar-refractivity contribution in [3.8, 4) is 0 Å². The van der Waals surface area contributed by atoms with Gasteiger partial charge in [0.25, 0.3) is 5.91 Å². The first-order valence-electron chi connectivity index (χ1n) is 7.18. The summed E-state index contributed by atoms with van der Waals surface area (Å²) in [6.07, 6.45) is 6.05. The number of carbonyl (C=O) groups excluding carboxylic acids is 1. The average Bonchev–Trinajstić information content (AvgIpc) is 3.10. The summed E-state index contributed by atoms with van der Waals surface area (Å²) in [7, 11) is 0. The highest BCUT2D eigenvalue weighted by Gasteiger charge is 2.40. The van der Waals surface area contributed by atoms with Gasteiger partial charge >= 0.3 is 0 Å². The Labute approximate surface area is 117 Å². The van der Waals surface area contributed by atoms with E-state index in [1.807, 2.05) is 35.9 Å².